The molecule has 21 heavy (non-hydrogen) atoms. The highest BCUT2D eigenvalue weighted by atomic mass is 19.4. The molecule has 5 heteroatoms. The predicted molar refractivity (Wildman–Crippen MR) is 74.1 cm³/mol. The second-order valence-electron chi connectivity index (χ2n) is 5.05. The molecule has 0 bridgehead atoms. The molecular formula is C16H14F3NO. The van der Waals surface area contributed by atoms with Gasteiger partial charge in [-0.2, -0.15) is 13.2 Å². The maximum Gasteiger partial charge on any atom is 0.416 e. The molecule has 1 heterocycles. The van der Waals surface area contributed by atoms with E-state index in [9.17, 15) is 13.2 Å². The van der Waals surface area contributed by atoms with Gasteiger partial charge in [-0.1, -0.05) is 30.3 Å². The van der Waals surface area contributed by atoms with Crippen molar-refractivity contribution in [2.75, 3.05) is 6.54 Å². The van der Waals surface area contributed by atoms with Crippen molar-refractivity contribution in [3.8, 4) is 16.9 Å². The highest BCUT2D eigenvalue weighted by Gasteiger charge is 2.31. The number of halogens is 3. The Labute approximate surface area is 120 Å². The van der Waals surface area contributed by atoms with Crippen LogP contribution in [0.2, 0.25) is 0 Å². The second-order valence-corrected chi connectivity index (χ2v) is 5.05. The van der Waals surface area contributed by atoms with Gasteiger partial charge in [-0.05, 0) is 23.3 Å². The minimum absolute atomic E-state index is 0.105. The van der Waals surface area contributed by atoms with Gasteiger partial charge in [-0.15, -0.1) is 0 Å². The van der Waals surface area contributed by atoms with Crippen molar-refractivity contribution in [1.29, 1.82) is 0 Å². The van der Waals surface area contributed by atoms with Gasteiger partial charge in [0.25, 0.3) is 0 Å². The maximum absolute atomic E-state index is 12.8. The lowest BCUT2D eigenvalue weighted by Gasteiger charge is -2.13. The smallest absolute Gasteiger partial charge is 0.416 e. The Balaban J connectivity index is 2.05. The summed E-state index contributed by atoms with van der Waals surface area (Å²) < 4.78 is 44.2. The van der Waals surface area contributed by atoms with E-state index in [0.29, 0.717) is 29.8 Å². The molecule has 0 spiro atoms. The summed E-state index contributed by atoms with van der Waals surface area (Å²) in [6.07, 6.45) is -3.76. The SMILES string of the molecule is NC[C@H]1Cc2cccc(-c3cccc(C(F)(F)F)c3)c2O1. The standard InChI is InChI=1S/C16H14F3NO/c17-16(18,19)12-5-1-3-10(7-12)14-6-2-4-11-8-13(9-20)21-15(11)14/h1-7,13H,8-9,20H2/t13-/m1/s1. The zero-order valence-electron chi connectivity index (χ0n) is 11.2. The van der Waals surface area contributed by atoms with Crippen LogP contribution in [-0.4, -0.2) is 12.6 Å². The number of rotatable bonds is 2. The molecule has 0 radical (unpaired) electrons. The van der Waals surface area contributed by atoms with E-state index in [1.54, 1.807) is 12.1 Å². The Morgan fingerprint density at radius 2 is 1.90 bits per heavy atom. The van der Waals surface area contributed by atoms with Gasteiger partial charge in [0.15, 0.2) is 0 Å². The monoisotopic (exact) mass is 293 g/mol. The zero-order valence-corrected chi connectivity index (χ0v) is 11.2. The molecule has 2 N–H and O–H groups in total. The van der Waals surface area contributed by atoms with Gasteiger partial charge in [-0.25, -0.2) is 0 Å². The number of para-hydroxylation sites is 1. The second kappa shape index (κ2) is 5.07. The molecule has 2 nitrogen and oxygen atoms in total. The number of nitrogens with two attached hydrogens (primary N) is 1. The minimum Gasteiger partial charge on any atom is -0.488 e. The minimum atomic E-state index is -4.35. The molecule has 2 aromatic carbocycles. The van der Waals surface area contributed by atoms with E-state index in [-0.39, 0.29) is 6.10 Å². The normalized spacial score (nSPS) is 17.4. The summed E-state index contributed by atoms with van der Waals surface area (Å²) >= 11 is 0. The Hall–Kier alpha value is -2.01. The van der Waals surface area contributed by atoms with E-state index < -0.39 is 11.7 Å². The number of fused-ring (bicyclic) bond motifs is 1. The number of hydrogen-bond donors (Lipinski definition) is 1. The molecule has 0 aromatic heterocycles. The first-order valence-electron chi connectivity index (χ1n) is 6.65. The third-order valence-corrected chi connectivity index (χ3v) is 3.59. The molecule has 1 aliphatic rings. The molecule has 3 rings (SSSR count). The van der Waals surface area contributed by atoms with E-state index in [2.05, 4.69) is 0 Å². The summed E-state index contributed by atoms with van der Waals surface area (Å²) in [5.74, 6) is 0.646. The fraction of sp³-hybridized carbons (Fsp3) is 0.250. The van der Waals surface area contributed by atoms with Crippen LogP contribution in [0.5, 0.6) is 5.75 Å². The van der Waals surface area contributed by atoms with Crippen molar-refractivity contribution in [2.24, 2.45) is 5.73 Å². The molecule has 0 unspecified atom stereocenters. The van der Waals surface area contributed by atoms with Crippen LogP contribution >= 0.6 is 0 Å². The molecule has 0 amide bonds. The van der Waals surface area contributed by atoms with Gasteiger partial charge in [0.05, 0.1) is 5.56 Å². The van der Waals surface area contributed by atoms with Gasteiger partial charge in [-0.3, -0.25) is 0 Å². The van der Waals surface area contributed by atoms with E-state index in [1.165, 1.54) is 6.07 Å². The molecule has 0 saturated carbocycles. The Bertz CT molecular complexity index is 667. The molecule has 0 saturated heterocycles. The van der Waals surface area contributed by atoms with Crippen LogP contribution in [0, 0.1) is 0 Å². The van der Waals surface area contributed by atoms with Crippen LogP contribution < -0.4 is 10.5 Å². The molecular weight excluding hydrogens is 279 g/mol. The van der Waals surface area contributed by atoms with E-state index >= 15 is 0 Å². The number of benzene rings is 2. The summed E-state index contributed by atoms with van der Waals surface area (Å²) in [5, 5.41) is 0. The van der Waals surface area contributed by atoms with Crippen molar-refractivity contribution in [2.45, 2.75) is 18.7 Å². The summed E-state index contributed by atoms with van der Waals surface area (Å²) in [5.41, 5.74) is 7.11. The van der Waals surface area contributed by atoms with Crippen molar-refractivity contribution in [3.05, 3.63) is 53.6 Å². The highest BCUT2D eigenvalue weighted by molar-refractivity contribution is 5.73. The van der Waals surface area contributed by atoms with Crippen molar-refractivity contribution >= 4 is 0 Å². The summed E-state index contributed by atoms with van der Waals surface area (Å²) in [4.78, 5) is 0. The lowest BCUT2D eigenvalue weighted by molar-refractivity contribution is -0.137. The largest absolute Gasteiger partial charge is 0.488 e. The van der Waals surface area contributed by atoms with Gasteiger partial charge >= 0.3 is 6.18 Å². The molecule has 110 valence electrons. The maximum atomic E-state index is 12.8. The van der Waals surface area contributed by atoms with Gasteiger partial charge in [0.1, 0.15) is 11.9 Å². The van der Waals surface area contributed by atoms with E-state index in [1.807, 2.05) is 12.1 Å². The van der Waals surface area contributed by atoms with Crippen LogP contribution in [0.3, 0.4) is 0 Å². The Kier molecular flexibility index (Phi) is 3.37. The predicted octanol–water partition coefficient (Wildman–Crippen LogP) is 3.63. The summed E-state index contributed by atoms with van der Waals surface area (Å²) in [6.45, 7) is 0.386. The van der Waals surface area contributed by atoms with Gasteiger partial charge in [0.2, 0.25) is 0 Å². The van der Waals surface area contributed by atoms with Gasteiger partial charge in [0, 0.05) is 18.5 Å². The molecule has 0 fully saturated rings. The van der Waals surface area contributed by atoms with Crippen molar-refractivity contribution < 1.29 is 17.9 Å². The third-order valence-electron chi connectivity index (χ3n) is 3.59. The molecule has 0 aliphatic carbocycles. The van der Waals surface area contributed by atoms with Crippen LogP contribution in [0.25, 0.3) is 11.1 Å². The topological polar surface area (TPSA) is 35.2 Å². The summed E-state index contributed by atoms with van der Waals surface area (Å²) in [6, 6.07) is 10.8. The quantitative estimate of drug-likeness (QED) is 0.917. The molecule has 1 aliphatic heterocycles. The Morgan fingerprint density at radius 3 is 2.62 bits per heavy atom. The number of alkyl halides is 3. The first-order valence-corrected chi connectivity index (χ1v) is 6.65. The average Bonchev–Trinajstić information content (AvgIpc) is 2.89. The third kappa shape index (κ3) is 2.61. The number of hydrogen-bond acceptors (Lipinski definition) is 2. The van der Waals surface area contributed by atoms with E-state index in [4.69, 9.17) is 10.5 Å². The van der Waals surface area contributed by atoms with E-state index in [0.717, 1.165) is 17.7 Å². The first-order chi connectivity index (χ1) is 9.99. The first kappa shape index (κ1) is 13.9. The van der Waals surface area contributed by atoms with Crippen molar-refractivity contribution in [3.63, 3.8) is 0 Å². The number of ether oxygens (including phenoxy) is 1. The fourth-order valence-corrected chi connectivity index (χ4v) is 2.56. The Morgan fingerprint density at radius 1 is 1.14 bits per heavy atom. The van der Waals surface area contributed by atoms with Crippen LogP contribution in [0.15, 0.2) is 42.5 Å². The molecule has 2 aromatic rings. The van der Waals surface area contributed by atoms with Crippen LogP contribution in [0.4, 0.5) is 13.2 Å². The van der Waals surface area contributed by atoms with Crippen molar-refractivity contribution in [1.82, 2.24) is 0 Å². The summed E-state index contributed by atoms with van der Waals surface area (Å²) in [7, 11) is 0. The lowest BCUT2D eigenvalue weighted by atomic mass is 9.99. The van der Waals surface area contributed by atoms with Crippen LogP contribution in [-0.2, 0) is 12.6 Å². The average molecular weight is 293 g/mol. The fourth-order valence-electron chi connectivity index (χ4n) is 2.56. The van der Waals surface area contributed by atoms with Crippen LogP contribution in [0.1, 0.15) is 11.1 Å². The lowest BCUT2D eigenvalue weighted by Crippen LogP contribution is -2.24. The highest BCUT2D eigenvalue weighted by Crippen LogP contribution is 2.40. The molecule has 1 atom stereocenters. The zero-order chi connectivity index (χ0) is 15.0. The van der Waals surface area contributed by atoms with Gasteiger partial charge < -0.3 is 10.5 Å².